The Hall–Kier alpha value is -1.36. The van der Waals surface area contributed by atoms with E-state index in [1.54, 1.807) is 18.2 Å². The fraction of sp³-hybridized carbons (Fsp3) is 0.600. The highest BCUT2D eigenvalue weighted by molar-refractivity contribution is 5.56. The molecule has 1 atom stereocenters. The van der Waals surface area contributed by atoms with E-state index in [1.165, 1.54) is 6.42 Å². The van der Waals surface area contributed by atoms with Crippen molar-refractivity contribution in [3.63, 3.8) is 0 Å². The summed E-state index contributed by atoms with van der Waals surface area (Å²) in [5.74, 6) is 0.205. The van der Waals surface area contributed by atoms with Gasteiger partial charge in [-0.2, -0.15) is 8.78 Å². The van der Waals surface area contributed by atoms with Crippen molar-refractivity contribution in [1.82, 2.24) is 0 Å². The van der Waals surface area contributed by atoms with Gasteiger partial charge in [-0.05, 0) is 44.2 Å². The molecule has 1 saturated heterocycles. The SMILES string of the molecule is FC(F)Oc1ccccc1NC1CCOC2(CCC2)C1. The zero-order valence-electron chi connectivity index (χ0n) is 11.3. The van der Waals surface area contributed by atoms with Crippen LogP contribution in [0.25, 0.3) is 0 Å². The smallest absolute Gasteiger partial charge is 0.387 e. The van der Waals surface area contributed by atoms with Crippen LogP contribution in [0.3, 0.4) is 0 Å². The van der Waals surface area contributed by atoms with E-state index in [0.29, 0.717) is 5.69 Å². The normalized spacial score (nSPS) is 24.4. The minimum Gasteiger partial charge on any atom is -0.433 e. The first kappa shape index (κ1) is 13.6. The second kappa shape index (κ2) is 5.56. The number of halogens is 2. The molecule has 0 bridgehead atoms. The Bertz CT molecular complexity index is 463. The molecule has 2 aliphatic rings. The first-order valence-corrected chi connectivity index (χ1v) is 7.11. The van der Waals surface area contributed by atoms with E-state index in [1.807, 2.05) is 6.07 Å². The molecule has 3 rings (SSSR count). The predicted molar refractivity (Wildman–Crippen MR) is 72.3 cm³/mol. The van der Waals surface area contributed by atoms with Gasteiger partial charge in [0.05, 0.1) is 11.3 Å². The Morgan fingerprint density at radius 2 is 2.10 bits per heavy atom. The minimum absolute atomic E-state index is 0.0361. The molecule has 2 fully saturated rings. The van der Waals surface area contributed by atoms with Gasteiger partial charge in [-0.1, -0.05) is 12.1 Å². The maximum Gasteiger partial charge on any atom is 0.387 e. The van der Waals surface area contributed by atoms with Gasteiger partial charge < -0.3 is 14.8 Å². The molecule has 1 spiro atoms. The standard InChI is InChI=1S/C15H19F2NO2/c16-14(17)20-13-5-2-1-4-12(13)18-11-6-9-19-15(10-11)7-3-8-15/h1-2,4-5,11,14,18H,3,6-10H2. The number of hydrogen-bond donors (Lipinski definition) is 1. The zero-order valence-corrected chi connectivity index (χ0v) is 11.3. The van der Waals surface area contributed by atoms with Crippen molar-refractivity contribution in [3.8, 4) is 5.75 Å². The van der Waals surface area contributed by atoms with Gasteiger partial charge in [-0.15, -0.1) is 0 Å². The van der Waals surface area contributed by atoms with Crippen molar-refractivity contribution in [3.05, 3.63) is 24.3 Å². The number of nitrogens with one attached hydrogen (secondary N) is 1. The molecule has 1 aromatic rings. The summed E-state index contributed by atoms with van der Waals surface area (Å²) in [7, 11) is 0. The molecule has 0 amide bonds. The molecule has 5 heteroatoms. The summed E-state index contributed by atoms with van der Waals surface area (Å²) < 4.78 is 35.2. The molecule has 110 valence electrons. The van der Waals surface area contributed by atoms with Gasteiger partial charge >= 0.3 is 6.61 Å². The number of ether oxygens (including phenoxy) is 2. The summed E-state index contributed by atoms with van der Waals surface area (Å²) in [6.45, 7) is -2.07. The Labute approximate surface area is 117 Å². The topological polar surface area (TPSA) is 30.5 Å². The van der Waals surface area contributed by atoms with Gasteiger partial charge in [0.1, 0.15) is 5.75 Å². The van der Waals surface area contributed by atoms with Crippen LogP contribution in [0, 0.1) is 0 Å². The van der Waals surface area contributed by atoms with Crippen LogP contribution < -0.4 is 10.1 Å². The minimum atomic E-state index is -2.80. The van der Waals surface area contributed by atoms with Gasteiger partial charge in [-0.25, -0.2) is 0 Å². The third-order valence-electron chi connectivity index (χ3n) is 4.22. The third-order valence-corrected chi connectivity index (χ3v) is 4.22. The Morgan fingerprint density at radius 1 is 1.30 bits per heavy atom. The molecule has 1 heterocycles. The molecule has 1 unspecified atom stereocenters. The second-order valence-corrected chi connectivity index (χ2v) is 5.59. The highest BCUT2D eigenvalue weighted by Gasteiger charge is 2.42. The fourth-order valence-corrected chi connectivity index (χ4v) is 3.08. The molecule has 3 nitrogen and oxygen atoms in total. The van der Waals surface area contributed by atoms with Crippen LogP contribution in [0.2, 0.25) is 0 Å². The average molecular weight is 283 g/mol. The Kier molecular flexibility index (Phi) is 3.78. The van der Waals surface area contributed by atoms with Crippen molar-refractivity contribution in [1.29, 1.82) is 0 Å². The number of para-hydroxylation sites is 2. The van der Waals surface area contributed by atoms with E-state index in [0.717, 1.165) is 32.3 Å². The molecule has 1 aromatic carbocycles. The number of benzene rings is 1. The van der Waals surface area contributed by atoms with Crippen LogP contribution in [-0.4, -0.2) is 24.9 Å². The summed E-state index contributed by atoms with van der Waals surface area (Å²) in [6.07, 6.45) is 5.28. The summed E-state index contributed by atoms with van der Waals surface area (Å²) in [4.78, 5) is 0. The maximum absolute atomic E-state index is 12.4. The Balaban J connectivity index is 1.67. The van der Waals surface area contributed by atoms with Crippen LogP contribution in [0.15, 0.2) is 24.3 Å². The van der Waals surface area contributed by atoms with Gasteiger partial charge in [0.15, 0.2) is 0 Å². The number of anilines is 1. The van der Waals surface area contributed by atoms with Gasteiger partial charge in [-0.3, -0.25) is 0 Å². The summed E-state index contributed by atoms with van der Waals surface area (Å²) >= 11 is 0. The first-order valence-electron chi connectivity index (χ1n) is 7.11. The highest BCUT2D eigenvalue weighted by atomic mass is 19.3. The Morgan fingerprint density at radius 3 is 2.80 bits per heavy atom. The predicted octanol–water partition coefficient (Wildman–Crippen LogP) is 3.80. The first-order chi connectivity index (χ1) is 9.67. The molecule has 1 saturated carbocycles. The van der Waals surface area contributed by atoms with Gasteiger partial charge in [0, 0.05) is 12.6 Å². The average Bonchev–Trinajstić information content (AvgIpc) is 2.39. The van der Waals surface area contributed by atoms with E-state index < -0.39 is 6.61 Å². The van der Waals surface area contributed by atoms with Crippen LogP contribution in [-0.2, 0) is 4.74 Å². The zero-order chi connectivity index (χ0) is 14.0. The maximum atomic E-state index is 12.4. The molecular formula is C15H19F2NO2. The molecule has 20 heavy (non-hydrogen) atoms. The molecule has 1 N–H and O–H groups in total. The number of alkyl halides is 2. The molecule has 0 aromatic heterocycles. The third kappa shape index (κ3) is 2.87. The molecule has 0 radical (unpaired) electrons. The number of hydrogen-bond acceptors (Lipinski definition) is 3. The van der Waals surface area contributed by atoms with Crippen LogP contribution >= 0.6 is 0 Å². The van der Waals surface area contributed by atoms with E-state index in [9.17, 15) is 8.78 Å². The fourth-order valence-electron chi connectivity index (χ4n) is 3.08. The molecule has 1 aliphatic carbocycles. The largest absolute Gasteiger partial charge is 0.433 e. The highest BCUT2D eigenvalue weighted by Crippen LogP contribution is 2.43. The summed E-state index contributed by atoms with van der Waals surface area (Å²) in [5, 5.41) is 3.34. The summed E-state index contributed by atoms with van der Waals surface area (Å²) in [5.41, 5.74) is 0.670. The van der Waals surface area contributed by atoms with Crippen LogP contribution in [0.4, 0.5) is 14.5 Å². The van der Waals surface area contributed by atoms with Gasteiger partial charge in [0.2, 0.25) is 0 Å². The lowest BCUT2D eigenvalue weighted by atomic mass is 9.74. The van der Waals surface area contributed by atoms with Crippen molar-refractivity contribution >= 4 is 5.69 Å². The number of rotatable bonds is 4. The van der Waals surface area contributed by atoms with Crippen molar-refractivity contribution in [2.24, 2.45) is 0 Å². The lowest BCUT2D eigenvalue weighted by Crippen LogP contribution is -2.49. The van der Waals surface area contributed by atoms with Crippen molar-refractivity contribution in [2.45, 2.75) is 50.4 Å². The van der Waals surface area contributed by atoms with E-state index in [4.69, 9.17) is 4.74 Å². The lowest BCUT2D eigenvalue weighted by Gasteiger charge is -2.47. The molecule has 1 aliphatic heterocycles. The van der Waals surface area contributed by atoms with E-state index >= 15 is 0 Å². The molecular weight excluding hydrogens is 264 g/mol. The second-order valence-electron chi connectivity index (χ2n) is 5.59. The van der Waals surface area contributed by atoms with Crippen LogP contribution in [0.1, 0.15) is 32.1 Å². The summed E-state index contributed by atoms with van der Waals surface area (Å²) in [6, 6.07) is 7.11. The monoisotopic (exact) mass is 283 g/mol. The van der Waals surface area contributed by atoms with Crippen molar-refractivity contribution < 1.29 is 18.3 Å². The van der Waals surface area contributed by atoms with Gasteiger partial charge in [0.25, 0.3) is 0 Å². The van der Waals surface area contributed by atoms with Crippen molar-refractivity contribution in [2.75, 3.05) is 11.9 Å². The van der Waals surface area contributed by atoms with E-state index in [-0.39, 0.29) is 17.4 Å². The quantitative estimate of drug-likeness (QED) is 0.911. The van der Waals surface area contributed by atoms with Crippen LogP contribution in [0.5, 0.6) is 5.75 Å². The lowest BCUT2D eigenvalue weighted by molar-refractivity contribution is -0.130. The van der Waals surface area contributed by atoms with E-state index in [2.05, 4.69) is 10.1 Å².